The van der Waals surface area contributed by atoms with Crippen LogP contribution in [0.15, 0.2) is 36.5 Å². The van der Waals surface area contributed by atoms with Crippen LogP contribution in [0.3, 0.4) is 0 Å². The van der Waals surface area contributed by atoms with Crippen molar-refractivity contribution in [1.29, 1.82) is 0 Å². The Balaban J connectivity index is 2.09. The van der Waals surface area contributed by atoms with Gasteiger partial charge in [-0.2, -0.15) is 13.2 Å². The number of H-pyrrole nitrogens is 1. The third-order valence-electron chi connectivity index (χ3n) is 3.75. The second-order valence-electron chi connectivity index (χ2n) is 5.50. The SMILES string of the molecule is O=C(O)Cc1c(C(=O)c2ccc(C(F)(F)F)cn2)[nH]c2ccc(Cl)cc12. The highest BCUT2D eigenvalue weighted by molar-refractivity contribution is 6.31. The number of aromatic nitrogens is 2. The molecule has 134 valence electrons. The zero-order valence-electron chi connectivity index (χ0n) is 12.9. The molecule has 0 saturated heterocycles. The highest BCUT2D eigenvalue weighted by Gasteiger charge is 2.31. The average molecular weight is 383 g/mol. The average Bonchev–Trinajstić information content (AvgIpc) is 2.91. The summed E-state index contributed by atoms with van der Waals surface area (Å²) in [7, 11) is 0. The minimum atomic E-state index is -4.57. The molecule has 3 aromatic rings. The Kier molecular flexibility index (Phi) is 4.45. The summed E-state index contributed by atoms with van der Waals surface area (Å²) < 4.78 is 37.9. The second kappa shape index (κ2) is 6.45. The normalized spacial score (nSPS) is 11.7. The molecule has 0 amide bonds. The molecule has 0 spiro atoms. The van der Waals surface area contributed by atoms with E-state index < -0.39 is 29.9 Å². The molecule has 26 heavy (non-hydrogen) atoms. The number of hydrogen-bond acceptors (Lipinski definition) is 3. The van der Waals surface area contributed by atoms with Gasteiger partial charge in [0.05, 0.1) is 17.7 Å². The van der Waals surface area contributed by atoms with Crippen LogP contribution in [0.25, 0.3) is 10.9 Å². The smallest absolute Gasteiger partial charge is 0.417 e. The van der Waals surface area contributed by atoms with Crippen LogP contribution >= 0.6 is 11.6 Å². The van der Waals surface area contributed by atoms with Crippen LogP contribution in [0.2, 0.25) is 5.02 Å². The number of carbonyl (C=O) groups excluding carboxylic acids is 1. The lowest BCUT2D eigenvalue weighted by atomic mass is 10.0. The van der Waals surface area contributed by atoms with Crippen molar-refractivity contribution in [1.82, 2.24) is 9.97 Å². The molecule has 2 aromatic heterocycles. The third kappa shape index (κ3) is 3.41. The minimum Gasteiger partial charge on any atom is -0.481 e. The third-order valence-corrected chi connectivity index (χ3v) is 3.98. The number of fused-ring (bicyclic) bond motifs is 1. The number of alkyl halides is 3. The topological polar surface area (TPSA) is 83.0 Å². The zero-order chi connectivity index (χ0) is 19.1. The summed E-state index contributed by atoms with van der Waals surface area (Å²) in [5.41, 5.74) is -0.579. The molecule has 3 rings (SSSR count). The lowest BCUT2D eigenvalue weighted by Crippen LogP contribution is -2.12. The van der Waals surface area contributed by atoms with Gasteiger partial charge in [-0.3, -0.25) is 14.6 Å². The van der Waals surface area contributed by atoms with Crippen LogP contribution in [0.5, 0.6) is 0 Å². The first-order chi connectivity index (χ1) is 12.2. The number of hydrogen-bond donors (Lipinski definition) is 2. The van der Waals surface area contributed by atoms with Gasteiger partial charge >= 0.3 is 12.1 Å². The molecule has 0 unspecified atom stereocenters. The molecular weight excluding hydrogens is 373 g/mol. The monoisotopic (exact) mass is 382 g/mol. The number of halogens is 4. The highest BCUT2D eigenvalue weighted by atomic mass is 35.5. The van der Waals surface area contributed by atoms with E-state index in [1.807, 2.05) is 0 Å². The summed E-state index contributed by atoms with van der Waals surface area (Å²) in [6, 6.07) is 6.36. The molecule has 9 heteroatoms. The second-order valence-corrected chi connectivity index (χ2v) is 5.93. The molecule has 2 N–H and O–H groups in total. The summed E-state index contributed by atoms with van der Waals surface area (Å²) in [6.07, 6.45) is -4.47. The van der Waals surface area contributed by atoms with E-state index in [1.54, 1.807) is 12.1 Å². The first kappa shape index (κ1) is 17.9. The minimum absolute atomic E-state index is 0.0445. The Morgan fingerprint density at radius 3 is 2.50 bits per heavy atom. The van der Waals surface area contributed by atoms with Gasteiger partial charge in [-0.25, -0.2) is 0 Å². The van der Waals surface area contributed by atoms with Crippen molar-refractivity contribution < 1.29 is 27.9 Å². The Labute approximate surface area is 149 Å². The van der Waals surface area contributed by atoms with Crippen molar-refractivity contribution in [3.8, 4) is 0 Å². The molecule has 0 aliphatic heterocycles. The number of rotatable bonds is 4. The largest absolute Gasteiger partial charge is 0.481 e. The number of pyridine rings is 1. The summed E-state index contributed by atoms with van der Waals surface area (Å²) in [5.74, 6) is -1.87. The van der Waals surface area contributed by atoms with E-state index in [0.29, 0.717) is 22.1 Å². The Morgan fingerprint density at radius 1 is 1.19 bits per heavy atom. The van der Waals surface area contributed by atoms with E-state index in [9.17, 15) is 22.8 Å². The van der Waals surface area contributed by atoms with Gasteiger partial charge in [0.1, 0.15) is 5.69 Å². The van der Waals surface area contributed by atoms with Crippen molar-refractivity contribution in [2.24, 2.45) is 0 Å². The first-order valence-electron chi connectivity index (χ1n) is 7.26. The number of nitrogens with zero attached hydrogens (tertiary/aromatic N) is 1. The van der Waals surface area contributed by atoms with E-state index in [1.165, 1.54) is 6.07 Å². The molecule has 0 aliphatic rings. The molecule has 1 aromatic carbocycles. The van der Waals surface area contributed by atoms with Crippen LogP contribution < -0.4 is 0 Å². The molecule has 0 radical (unpaired) electrons. The Hall–Kier alpha value is -2.87. The highest BCUT2D eigenvalue weighted by Crippen LogP contribution is 2.30. The van der Waals surface area contributed by atoms with Gasteiger partial charge in [0.25, 0.3) is 0 Å². The summed E-state index contributed by atoms with van der Waals surface area (Å²) in [6.45, 7) is 0. The molecule has 0 aliphatic carbocycles. The number of benzene rings is 1. The molecule has 0 saturated carbocycles. The van der Waals surface area contributed by atoms with Crippen molar-refractivity contribution in [2.45, 2.75) is 12.6 Å². The summed E-state index contributed by atoms with van der Waals surface area (Å²) >= 11 is 5.93. The lowest BCUT2D eigenvalue weighted by Gasteiger charge is -2.06. The van der Waals surface area contributed by atoms with Gasteiger partial charge in [-0.05, 0) is 30.3 Å². The maximum Gasteiger partial charge on any atom is 0.417 e. The van der Waals surface area contributed by atoms with E-state index in [-0.39, 0.29) is 17.0 Å². The molecule has 0 bridgehead atoms. The van der Waals surface area contributed by atoms with Crippen LogP contribution in [-0.2, 0) is 17.4 Å². The van der Waals surface area contributed by atoms with E-state index >= 15 is 0 Å². The van der Waals surface area contributed by atoms with Gasteiger partial charge in [-0.1, -0.05) is 11.6 Å². The fourth-order valence-corrected chi connectivity index (χ4v) is 2.74. The fraction of sp³-hybridized carbons (Fsp3) is 0.118. The number of ketones is 1. The molecule has 0 atom stereocenters. The van der Waals surface area contributed by atoms with Crippen LogP contribution in [0, 0.1) is 0 Å². The van der Waals surface area contributed by atoms with E-state index in [2.05, 4.69) is 9.97 Å². The van der Waals surface area contributed by atoms with Gasteiger partial charge in [0, 0.05) is 27.7 Å². The van der Waals surface area contributed by atoms with E-state index in [0.717, 1.165) is 12.1 Å². The fourth-order valence-electron chi connectivity index (χ4n) is 2.57. The van der Waals surface area contributed by atoms with Crippen LogP contribution in [0.1, 0.15) is 27.3 Å². The zero-order valence-corrected chi connectivity index (χ0v) is 13.6. The number of aromatic amines is 1. The number of carboxylic acid groups (broad SMARTS) is 1. The predicted molar refractivity (Wildman–Crippen MR) is 87.3 cm³/mol. The van der Waals surface area contributed by atoms with Crippen molar-refractivity contribution in [2.75, 3.05) is 0 Å². The van der Waals surface area contributed by atoms with Crippen molar-refractivity contribution >= 4 is 34.3 Å². The maximum atomic E-state index is 12.7. The Morgan fingerprint density at radius 2 is 1.92 bits per heavy atom. The molecule has 2 heterocycles. The number of carboxylic acids is 1. The first-order valence-corrected chi connectivity index (χ1v) is 7.64. The quantitative estimate of drug-likeness (QED) is 0.666. The number of nitrogens with one attached hydrogen (secondary N) is 1. The van der Waals surface area contributed by atoms with Crippen molar-refractivity contribution in [3.05, 3.63) is 64.1 Å². The number of aliphatic carboxylic acids is 1. The lowest BCUT2D eigenvalue weighted by molar-refractivity contribution is -0.138. The molecule has 0 fully saturated rings. The van der Waals surface area contributed by atoms with Crippen LogP contribution in [-0.4, -0.2) is 26.8 Å². The standard InChI is InChI=1S/C17H10ClF3N2O3/c18-9-2-4-12-10(5-9)11(6-14(24)25)15(23-12)16(26)13-3-1-8(7-22-13)17(19,20)21/h1-5,7,23H,6H2,(H,24,25). The van der Waals surface area contributed by atoms with Gasteiger partial charge in [0.2, 0.25) is 5.78 Å². The summed E-state index contributed by atoms with van der Waals surface area (Å²) in [4.78, 5) is 30.2. The van der Waals surface area contributed by atoms with Crippen LogP contribution in [0.4, 0.5) is 13.2 Å². The van der Waals surface area contributed by atoms with Gasteiger partial charge < -0.3 is 10.1 Å². The van der Waals surface area contributed by atoms with E-state index in [4.69, 9.17) is 16.7 Å². The van der Waals surface area contributed by atoms with Gasteiger partial charge in [-0.15, -0.1) is 0 Å². The van der Waals surface area contributed by atoms with Crippen molar-refractivity contribution in [3.63, 3.8) is 0 Å². The summed E-state index contributed by atoms with van der Waals surface area (Å²) in [5, 5.41) is 9.93. The van der Waals surface area contributed by atoms with Gasteiger partial charge in [0.15, 0.2) is 0 Å². The molecular formula is C17H10ClF3N2O3. The number of carbonyl (C=O) groups is 2. The predicted octanol–water partition coefficient (Wildman–Crippen LogP) is 4.09. The Bertz CT molecular complexity index is 1010. The molecule has 5 nitrogen and oxygen atoms in total. The maximum absolute atomic E-state index is 12.7.